The molecule has 0 spiro atoms. The van der Waals surface area contributed by atoms with Crippen LogP contribution in [0.25, 0.3) is 6.08 Å². The normalized spacial score (nSPS) is 8.43. The summed E-state index contributed by atoms with van der Waals surface area (Å²) in [5.41, 5.74) is 0.357. The van der Waals surface area contributed by atoms with Crippen LogP contribution < -0.4 is 0 Å². The molecule has 68 valence electrons. The fraction of sp³-hybridized carbons (Fsp3) is 0. The van der Waals surface area contributed by atoms with Gasteiger partial charge < -0.3 is 10.1 Å². The number of nitrogens with zero attached hydrogens (tertiary/aromatic N) is 2. The van der Waals surface area contributed by atoms with Crippen molar-refractivity contribution < 1.29 is 9.90 Å². The van der Waals surface area contributed by atoms with Gasteiger partial charge in [-0.05, 0) is 18.2 Å². The van der Waals surface area contributed by atoms with Crippen LogP contribution in [0, 0.1) is 22.7 Å². The Kier molecular flexibility index (Phi) is 2.68. The average Bonchev–Trinajstić information content (AvgIpc) is 2.62. The summed E-state index contributed by atoms with van der Waals surface area (Å²) >= 11 is 0. The zero-order valence-corrected chi connectivity index (χ0v) is 6.98. The summed E-state index contributed by atoms with van der Waals surface area (Å²) in [6.45, 7) is 0. The third-order valence-corrected chi connectivity index (χ3v) is 1.48. The van der Waals surface area contributed by atoms with Crippen LogP contribution in [0.4, 0.5) is 0 Å². The Bertz CT molecular complexity index is 455. The number of aromatic nitrogens is 1. The predicted octanol–water partition coefficient (Wildman–Crippen LogP) is 1.14. The van der Waals surface area contributed by atoms with Crippen LogP contribution >= 0.6 is 0 Å². The highest BCUT2D eigenvalue weighted by atomic mass is 16.4. The van der Waals surface area contributed by atoms with Crippen LogP contribution in [-0.2, 0) is 0 Å². The lowest BCUT2D eigenvalue weighted by molar-refractivity contribution is 0.0691. The van der Waals surface area contributed by atoms with Crippen molar-refractivity contribution in [3.05, 3.63) is 29.1 Å². The highest BCUT2D eigenvalue weighted by molar-refractivity contribution is 5.86. The van der Waals surface area contributed by atoms with Crippen LogP contribution in [0.3, 0.4) is 0 Å². The van der Waals surface area contributed by atoms with Gasteiger partial charge in [-0.2, -0.15) is 10.5 Å². The van der Waals surface area contributed by atoms with E-state index in [9.17, 15) is 4.79 Å². The van der Waals surface area contributed by atoms with Crippen molar-refractivity contribution in [2.75, 3.05) is 0 Å². The molecule has 0 saturated heterocycles. The molecule has 2 N–H and O–H groups in total. The maximum absolute atomic E-state index is 10.5. The summed E-state index contributed by atoms with van der Waals surface area (Å²) in [5.74, 6) is -1.08. The zero-order chi connectivity index (χ0) is 10.6. The van der Waals surface area contributed by atoms with Crippen LogP contribution in [0.5, 0.6) is 0 Å². The van der Waals surface area contributed by atoms with Gasteiger partial charge in [0.05, 0.1) is 0 Å². The molecule has 0 amide bonds. The molecule has 5 heteroatoms. The number of hydrogen-bond donors (Lipinski definition) is 2. The van der Waals surface area contributed by atoms with Gasteiger partial charge in [0.2, 0.25) is 0 Å². The van der Waals surface area contributed by atoms with Crippen molar-refractivity contribution >= 4 is 12.0 Å². The molecule has 0 aromatic carbocycles. The van der Waals surface area contributed by atoms with E-state index < -0.39 is 5.97 Å². The summed E-state index contributed by atoms with van der Waals surface area (Å²) in [6, 6.07) is 6.19. The number of carbonyl (C=O) groups is 1. The lowest BCUT2D eigenvalue weighted by Gasteiger charge is -1.86. The van der Waals surface area contributed by atoms with Gasteiger partial charge in [-0.1, -0.05) is 0 Å². The average molecular weight is 187 g/mol. The molecule has 1 aromatic rings. The first-order chi connectivity index (χ1) is 6.67. The third-order valence-electron chi connectivity index (χ3n) is 1.48. The number of nitriles is 2. The number of hydrogen-bond acceptors (Lipinski definition) is 3. The van der Waals surface area contributed by atoms with Crippen LogP contribution in [-0.4, -0.2) is 16.1 Å². The number of carboxylic acid groups (broad SMARTS) is 1. The fourth-order valence-corrected chi connectivity index (χ4v) is 0.866. The Morgan fingerprint density at radius 1 is 1.43 bits per heavy atom. The molecule has 5 nitrogen and oxygen atoms in total. The Balaban J connectivity index is 3.01. The van der Waals surface area contributed by atoms with Gasteiger partial charge in [-0.3, -0.25) is 0 Å². The van der Waals surface area contributed by atoms with Gasteiger partial charge in [0, 0.05) is 5.69 Å². The molecule has 0 aliphatic heterocycles. The summed E-state index contributed by atoms with van der Waals surface area (Å²) in [4.78, 5) is 13.0. The number of nitrogens with one attached hydrogen (secondary N) is 1. The Morgan fingerprint density at radius 3 is 2.50 bits per heavy atom. The molecule has 0 unspecified atom stereocenters. The van der Waals surface area contributed by atoms with Crippen LogP contribution in [0.15, 0.2) is 17.7 Å². The Hall–Kier alpha value is -2.53. The number of rotatable bonds is 2. The summed E-state index contributed by atoms with van der Waals surface area (Å²) < 4.78 is 0. The van der Waals surface area contributed by atoms with Crippen molar-refractivity contribution in [1.82, 2.24) is 4.98 Å². The van der Waals surface area contributed by atoms with Crippen molar-refractivity contribution in [3.8, 4) is 12.1 Å². The van der Waals surface area contributed by atoms with E-state index >= 15 is 0 Å². The second-order valence-corrected chi connectivity index (χ2v) is 2.41. The molecular formula is C9H5N3O2. The van der Waals surface area contributed by atoms with E-state index in [-0.39, 0.29) is 11.3 Å². The first-order valence-corrected chi connectivity index (χ1v) is 3.61. The van der Waals surface area contributed by atoms with E-state index in [2.05, 4.69) is 4.98 Å². The molecule has 0 saturated carbocycles. The number of H-pyrrole nitrogens is 1. The maximum atomic E-state index is 10.5. The van der Waals surface area contributed by atoms with Gasteiger partial charge in [-0.15, -0.1) is 0 Å². The first kappa shape index (κ1) is 9.56. The molecule has 0 aliphatic carbocycles. The molecule has 0 atom stereocenters. The van der Waals surface area contributed by atoms with Gasteiger partial charge in [0.25, 0.3) is 0 Å². The monoisotopic (exact) mass is 187 g/mol. The molecule has 0 bridgehead atoms. The van der Waals surface area contributed by atoms with E-state index in [4.69, 9.17) is 15.6 Å². The molecular weight excluding hydrogens is 182 g/mol. The highest BCUT2D eigenvalue weighted by Crippen LogP contribution is 2.06. The summed E-state index contributed by atoms with van der Waals surface area (Å²) in [7, 11) is 0. The van der Waals surface area contributed by atoms with Crippen LogP contribution in [0.2, 0.25) is 0 Å². The van der Waals surface area contributed by atoms with E-state index in [1.54, 1.807) is 12.1 Å². The van der Waals surface area contributed by atoms with Crippen molar-refractivity contribution in [2.45, 2.75) is 0 Å². The van der Waals surface area contributed by atoms with Crippen molar-refractivity contribution in [1.29, 1.82) is 10.5 Å². The Morgan fingerprint density at radius 2 is 2.07 bits per heavy atom. The van der Waals surface area contributed by atoms with E-state index in [0.29, 0.717) is 5.69 Å². The SMILES string of the molecule is N#CC(C#N)=Cc1ccc(C(=O)O)[nH]1. The fourth-order valence-electron chi connectivity index (χ4n) is 0.866. The number of allylic oxidation sites excluding steroid dienone is 1. The van der Waals surface area contributed by atoms with Crippen molar-refractivity contribution in [3.63, 3.8) is 0 Å². The molecule has 1 heterocycles. The predicted molar refractivity (Wildman–Crippen MR) is 47.0 cm³/mol. The number of aromatic amines is 1. The number of aromatic carboxylic acids is 1. The van der Waals surface area contributed by atoms with Gasteiger partial charge in [-0.25, -0.2) is 4.79 Å². The summed E-state index contributed by atoms with van der Waals surface area (Å²) in [5, 5.41) is 25.4. The lowest BCUT2D eigenvalue weighted by atomic mass is 10.2. The summed E-state index contributed by atoms with van der Waals surface area (Å²) in [6.07, 6.45) is 1.28. The first-order valence-electron chi connectivity index (χ1n) is 3.61. The molecule has 1 rings (SSSR count). The van der Waals surface area contributed by atoms with Crippen molar-refractivity contribution in [2.24, 2.45) is 0 Å². The van der Waals surface area contributed by atoms with Gasteiger partial charge in [0.1, 0.15) is 23.4 Å². The molecule has 0 radical (unpaired) electrons. The topological polar surface area (TPSA) is 101 Å². The van der Waals surface area contributed by atoms with E-state index in [1.165, 1.54) is 18.2 Å². The minimum absolute atomic E-state index is 0.0199. The molecule has 0 fully saturated rings. The quantitative estimate of drug-likeness (QED) is 0.678. The smallest absolute Gasteiger partial charge is 0.352 e. The van der Waals surface area contributed by atoms with Gasteiger partial charge in [0.15, 0.2) is 0 Å². The largest absolute Gasteiger partial charge is 0.477 e. The second kappa shape index (κ2) is 3.92. The third kappa shape index (κ3) is 1.99. The lowest BCUT2D eigenvalue weighted by Crippen LogP contribution is -1.95. The molecule has 1 aromatic heterocycles. The zero-order valence-electron chi connectivity index (χ0n) is 6.98. The minimum atomic E-state index is -1.08. The number of carboxylic acids is 1. The second-order valence-electron chi connectivity index (χ2n) is 2.41. The maximum Gasteiger partial charge on any atom is 0.352 e. The van der Waals surface area contributed by atoms with Crippen LogP contribution in [0.1, 0.15) is 16.2 Å². The standard InChI is InChI=1S/C9H5N3O2/c10-4-6(5-11)3-7-1-2-8(12-7)9(13)14/h1-3,12H,(H,13,14). The van der Waals surface area contributed by atoms with E-state index in [0.717, 1.165) is 0 Å². The van der Waals surface area contributed by atoms with Gasteiger partial charge >= 0.3 is 5.97 Å². The molecule has 14 heavy (non-hydrogen) atoms. The minimum Gasteiger partial charge on any atom is -0.477 e. The van der Waals surface area contributed by atoms with E-state index in [1.807, 2.05) is 0 Å². The molecule has 0 aliphatic rings. The Labute approximate surface area is 79.5 Å². The highest BCUT2D eigenvalue weighted by Gasteiger charge is 2.04.